The second kappa shape index (κ2) is 9.20. The van der Waals surface area contributed by atoms with Crippen LogP contribution in [0.15, 0.2) is 18.2 Å². The summed E-state index contributed by atoms with van der Waals surface area (Å²) in [5.41, 5.74) is 1.12. The van der Waals surface area contributed by atoms with Crippen molar-refractivity contribution in [1.29, 1.82) is 0 Å². The third kappa shape index (κ3) is 5.71. The summed E-state index contributed by atoms with van der Waals surface area (Å²) in [6, 6.07) is 5.76. The molecule has 1 aromatic rings. The van der Waals surface area contributed by atoms with Gasteiger partial charge in [-0.3, -0.25) is 0 Å². The summed E-state index contributed by atoms with van der Waals surface area (Å²) >= 11 is 6.00. The van der Waals surface area contributed by atoms with Gasteiger partial charge in [0.1, 0.15) is 5.75 Å². The standard InChI is InChI=1S/C14H23ClN2O/c1-3-16-8-5-9-17-11-12-10-13(15)6-7-14(12)18-4-2/h6-7,10,16-17H,3-5,8-9,11H2,1-2H3. The number of hydrogen-bond donors (Lipinski definition) is 2. The number of rotatable bonds is 9. The summed E-state index contributed by atoms with van der Waals surface area (Å²) < 4.78 is 5.58. The van der Waals surface area contributed by atoms with Crippen LogP contribution in [0, 0.1) is 0 Å². The van der Waals surface area contributed by atoms with Crippen molar-refractivity contribution >= 4 is 11.6 Å². The van der Waals surface area contributed by atoms with Crippen molar-refractivity contribution < 1.29 is 4.74 Å². The van der Waals surface area contributed by atoms with E-state index in [0.717, 1.165) is 48.9 Å². The zero-order valence-electron chi connectivity index (χ0n) is 11.3. The van der Waals surface area contributed by atoms with Crippen molar-refractivity contribution in [3.05, 3.63) is 28.8 Å². The van der Waals surface area contributed by atoms with E-state index in [9.17, 15) is 0 Å². The van der Waals surface area contributed by atoms with E-state index >= 15 is 0 Å². The molecule has 4 heteroatoms. The molecule has 0 aliphatic heterocycles. The first-order valence-corrected chi connectivity index (χ1v) is 6.98. The van der Waals surface area contributed by atoms with Crippen LogP contribution < -0.4 is 15.4 Å². The maximum atomic E-state index is 6.00. The predicted octanol–water partition coefficient (Wildman–Crippen LogP) is 2.83. The van der Waals surface area contributed by atoms with Crippen LogP contribution in [-0.4, -0.2) is 26.2 Å². The molecular weight excluding hydrogens is 248 g/mol. The van der Waals surface area contributed by atoms with Gasteiger partial charge in [0.2, 0.25) is 0 Å². The Morgan fingerprint density at radius 3 is 2.67 bits per heavy atom. The van der Waals surface area contributed by atoms with Crippen LogP contribution in [0.3, 0.4) is 0 Å². The second-order valence-electron chi connectivity index (χ2n) is 4.07. The highest BCUT2D eigenvalue weighted by atomic mass is 35.5. The summed E-state index contributed by atoms with van der Waals surface area (Å²) in [7, 11) is 0. The van der Waals surface area contributed by atoms with Crippen LogP contribution in [0.4, 0.5) is 0 Å². The van der Waals surface area contributed by atoms with Crippen molar-refractivity contribution in [3.8, 4) is 5.75 Å². The normalized spacial score (nSPS) is 10.6. The molecule has 18 heavy (non-hydrogen) atoms. The lowest BCUT2D eigenvalue weighted by Crippen LogP contribution is -2.21. The molecule has 0 radical (unpaired) electrons. The molecular formula is C14H23ClN2O. The van der Waals surface area contributed by atoms with Gasteiger partial charge in [0.15, 0.2) is 0 Å². The molecule has 0 fully saturated rings. The lowest BCUT2D eigenvalue weighted by atomic mass is 10.2. The average molecular weight is 271 g/mol. The maximum Gasteiger partial charge on any atom is 0.123 e. The van der Waals surface area contributed by atoms with Gasteiger partial charge in [0.25, 0.3) is 0 Å². The topological polar surface area (TPSA) is 33.3 Å². The van der Waals surface area contributed by atoms with E-state index in [1.807, 2.05) is 25.1 Å². The van der Waals surface area contributed by atoms with Crippen molar-refractivity contribution in [1.82, 2.24) is 10.6 Å². The van der Waals surface area contributed by atoms with E-state index in [-0.39, 0.29) is 0 Å². The number of hydrogen-bond acceptors (Lipinski definition) is 3. The van der Waals surface area contributed by atoms with E-state index in [1.165, 1.54) is 0 Å². The minimum atomic E-state index is 0.676. The third-order valence-corrected chi connectivity index (χ3v) is 2.83. The van der Waals surface area contributed by atoms with E-state index in [1.54, 1.807) is 0 Å². The Hall–Kier alpha value is -0.770. The van der Waals surface area contributed by atoms with Crippen LogP contribution in [0.25, 0.3) is 0 Å². The van der Waals surface area contributed by atoms with E-state index in [2.05, 4.69) is 17.6 Å². The quantitative estimate of drug-likeness (QED) is 0.677. The predicted molar refractivity (Wildman–Crippen MR) is 77.5 cm³/mol. The fourth-order valence-corrected chi connectivity index (χ4v) is 1.92. The van der Waals surface area contributed by atoms with Gasteiger partial charge in [-0.25, -0.2) is 0 Å². The molecule has 0 bridgehead atoms. The molecule has 0 heterocycles. The lowest BCUT2D eigenvalue weighted by Gasteiger charge is -2.11. The van der Waals surface area contributed by atoms with Crippen LogP contribution in [0.5, 0.6) is 5.75 Å². The van der Waals surface area contributed by atoms with Crippen molar-refractivity contribution in [2.75, 3.05) is 26.2 Å². The SMILES string of the molecule is CCNCCCNCc1cc(Cl)ccc1OCC. The monoisotopic (exact) mass is 270 g/mol. The van der Waals surface area contributed by atoms with Gasteiger partial charge >= 0.3 is 0 Å². The zero-order valence-corrected chi connectivity index (χ0v) is 12.0. The van der Waals surface area contributed by atoms with Gasteiger partial charge in [-0.15, -0.1) is 0 Å². The molecule has 0 aliphatic rings. The van der Waals surface area contributed by atoms with Crippen LogP contribution in [0.1, 0.15) is 25.8 Å². The smallest absolute Gasteiger partial charge is 0.123 e. The van der Waals surface area contributed by atoms with Gasteiger partial charge in [-0.2, -0.15) is 0 Å². The van der Waals surface area contributed by atoms with Gasteiger partial charge < -0.3 is 15.4 Å². The molecule has 0 unspecified atom stereocenters. The molecule has 0 spiro atoms. The number of halogens is 1. The highest BCUT2D eigenvalue weighted by Gasteiger charge is 2.03. The van der Waals surface area contributed by atoms with E-state index < -0.39 is 0 Å². The summed E-state index contributed by atoms with van der Waals surface area (Å²) in [6.45, 7) is 8.65. The summed E-state index contributed by atoms with van der Waals surface area (Å²) in [5.74, 6) is 0.918. The fourth-order valence-electron chi connectivity index (χ4n) is 1.72. The molecule has 0 amide bonds. The van der Waals surface area contributed by atoms with Crippen LogP contribution in [-0.2, 0) is 6.54 Å². The molecule has 0 atom stereocenters. The summed E-state index contributed by atoms with van der Waals surface area (Å²) in [4.78, 5) is 0. The third-order valence-electron chi connectivity index (χ3n) is 2.59. The molecule has 3 nitrogen and oxygen atoms in total. The molecule has 1 aromatic carbocycles. The average Bonchev–Trinajstić information content (AvgIpc) is 2.37. The first-order chi connectivity index (χ1) is 8.77. The van der Waals surface area contributed by atoms with E-state index in [4.69, 9.17) is 16.3 Å². The fraction of sp³-hybridized carbons (Fsp3) is 0.571. The Balaban J connectivity index is 2.37. The first kappa shape index (κ1) is 15.3. The number of ether oxygens (including phenoxy) is 1. The van der Waals surface area contributed by atoms with Crippen LogP contribution >= 0.6 is 11.6 Å². The molecule has 0 saturated carbocycles. The first-order valence-electron chi connectivity index (χ1n) is 6.60. The Labute approximate surface area is 115 Å². The summed E-state index contributed by atoms with van der Waals surface area (Å²) in [5, 5.41) is 7.46. The second-order valence-corrected chi connectivity index (χ2v) is 4.51. The lowest BCUT2D eigenvalue weighted by molar-refractivity contribution is 0.335. The molecule has 0 saturated heterocycles. The molecule has 2 N–H and O–H groups in total. The number of nitrogens with one attached hydrogen (secondary N) is 2. The van der Waals surface area contributed by atoms with Gasteiger partial charge in [0.05, 0.1) is 6.61 Å². The summed E-state index contributed by atoms with van der Waals surface area (Å²) in [6.07, 6.45) is 1.12. The Bertz CT molecular complexity index is 345. The highest BCUT2D eigenvalue weighted by molar-refractivity contribution is 6.30. The Kier molecular flexibility index (Phi) is 7.81. The minimum absolute atomic E-state index is 0.676. The van der Waals surface area contributed by atoms with Crippen molar-refractivity contribution in [2.24, 2.45) is 0 Å². The molecule has 102 valence electrons. The maximum absolute atomic E-state index is 6.00. The van der Waals surface area contributed by atoms with Gasteiger partial charge in [-0.05, 0) is 51.2 Å². The minimum Gasteiger partial charge on any atom is -0.494 e. The number of benzene rings is 1. The van der Waals surface area contributed by atoms with Crippen molar-refractivity contribution in [2.45, 2.75) is 26.8 Å². The Morgan fingerprint density at radius 1 is 1.17 bits per heavy atom. The molecule has 1 rings (SSSR count). The zero-order chi connectivity index (χ0) is 13.2. The van der Waals surface area contributed by atoms with Gasteiger partial charge in [-0.1, -0.05) is 18.5 Å². The van der Waals surface area contributed by atoms with E-state index in [0.29, 0.717) is 6.61 Å². The molecule has 0 aliphatic carbocycles. The molecule has 0 aromatic heterocycles. The van der Waals surface area contributed by atoms with Crippen LogP contribution in [0.2, 0.25) is 5.02 Å². The largest absolute Gasteiger partial charge is 0.494 e. The van der Waals surface area contributed by atoms with Crippen molar-refractivity contribution in [3.63, 3.8) is 0 Å². The highest BCUT2D eigenvalue weighted by Crippen LogP contribution is 2.22. The Morgan fingerprint density at radius 2 is 1.94 bits per heavy atom. The van der Waals surface area contributed by atoms with Gasteiger partial charge in [0, 0.05) is 17.1 Å².